The van der Waals surface area contributed by atoms with Gasteiger partial charge in [0.1, 0.15) is 12.4 Å². The van der Waals surface area contributed by atoms with Gasteiger partial charge < -0.3 is 15.0 Å². The molecule has 0 aromatic heterocycles. The minimum absolute atomic E-state index is 0.219. The molecule has 2 amide bonds. The lowest BCUT2D eigenvalue weighted by molar-refractivity contribution is 0.207. The SMILES string of the molecule is Cc1ccccc1OCCN(C)C(=O)Nc1ccc(C#N)cc1. The number of hydrogen-bond acceptors (Lipinski definition) is 3. The van der Waals surface area contributed by atoms with E-state index in [9.17, 15) is 4.79 Å². The van der Waals surface area contributed by atoms with Gasteiger partial charge in [-0.25, -0.2) is 4.79 Å². The number of anilines is 1. The van der Waals surface area contributed by atoms with Gasteiger partial charge in [0.2, 0.25) is 0 Å². The Morgan fingerprint density at radius 3 is 2.57 bits per heavy atom. The highest BCUT2D eigenvalue weighted by Crippen LogP contribution is 2.16. The maximum Gasteiger partial charge on any atom is 0.321 e. The number of urea groups is 1. The molecular weight excluding hydrogens is 290 g/mol. The fourth-order valence-electron chi connectivity index (χ4n) is 1.96. The van der Waals surface area contributed by atoms with Gasteiger partial charge in [0.15, 0.2) is 0 Å². The Morgan fingerprint density at radius 2 is 1.91 bits per heavy atom. The number of amides is 2. The Labute approximate surface area is 136 Å². The van der Waals surface area contributed by atoms with Crippen molar-refractivity contribution in [3.05, 3.63) is 59.7 Å². The van der Waals surface area contributed by atoms with Gasteiger partial charge in [0.25, 0.3) is 0 Å². The van der Waals surface area contributed by atoms with Crippen LogP contribution in [0.15, 0.2) is 48.5 Å². The summed E-state index contributed by atoms with van der Waals surface area (Å²) in [7, 11) is 1.71. The molecule has 0 aliphatic carbocycles. The number of aryl methyl sites for hydroxylation is 1. The molecular formula is C18H19N3O2. The number of nitrogens with one attached hydrogen (secondary N) is 1. The number of rotatable bonds is 5. The highest BCUT2D eigenvalue weighted by molar-refractivity contribution is 5.89. The number of nitriles is 1. The molecule has 23 heavy (non-hydrogen) atoms. The number of likely N-dealkylation sites (N-methyl/N-ethyl adjacent to an activating group) is 1. The van der Waals surface area contributed by atoms with Crippen LogP contribution in [0.3, 0.4) is 0 Å². The van der Waals surface area contributed by atoms with Crippen molar-refractivity contribution in [2.24, 2.45) is 0 Å². The van der Waals surface area contributed by atoms with Crippen LogP contribution >= 0.6 is 0 Å². The Kier molecular flexibility index (Phi) is 5.59. The minimum Gasteiger partial charge on any atom is -0.491 e. The first-order valence-corrected chi connectivity index (χ1v) is 7.31. The van der Waals surface area contributed by atoms with Crippen molar-refractivity contribution in [3.8, 4) is 11.8 Å². The van der Waals surface area contributed by atoms with Crippen LogP contribution in [-0.4, -0.2) is 31.1 Å². The molecule has 0 unspecified atom stereocenters. The average Bonchev–Trinajstić information content (AvgIpc) is 2.57. The number of hydrogen-bond donors (Lipinski definition) is 1. The summed E-state index contributed by atoms with van der Waals surface area (Å²) in [5, 5.41) is 11.5. The largest absolute Gasteiger partial charge is 0.491 e. The molecule has 2 rings (SSSR count). The summed E-state index contributed by atoms with van der Waals surface area (Å²) >= 11 is 0. The fourth-order valence-corrected chi connectivity index (χ4v) is 1.96. The standard InChI is InChI=1S/C18H19N3O2/c1-14-5-3-4-6-17(14)23-12-11-21(2)18(22)20-16-9-7-15(13-19)8-10-16/h3-10H,11-12H2,1-2H3,(H,20,22). The van der Waals surface area contributed by atoms with Gasteiger partial charge in [0.05, 0.1) is 18.2 Å². The zero-order valence-corrected chi connectivity index (χ0v) is 13.2. The van der Waals surface area contributed by atoms with Crippen LogP contribution in [-0.2, 0) is 0 Å². The Morgan fingerprint density at radius 1 is 1.22 bits per heavy atom. The number of carbonyl (C=O) groups is 1. The molecule has 118 valence electrons. The predicted molar refractivity (Wildman–Crippen MR) is 89.5 cm³/mol. The average molecular weight is 309 g/mol. The molecule has 0 heterocycles. The summed E-state index contributed by atoms with van der Waals surface area (Å²) in [5.41, 5.74) is 2.28. The summed E-state index contributed by atoms with van der Waals surface area (Å²) in [6.45, 7) is 2.87. The van der Waals surface area contributed by atoms with Gasteiger partial charge in [0, 0.05) is 12.7 Å². The van der Waals surface area contributed by atoms with E-state index in [4.69, 9.17) is 10.00 Å². The molecule has 0 atom stereocenters. The molecule has 0 bridgehead atoms. The normalized spacial score (nSPS) is 9.78. The van der Waals surface area contributed by atoms with Gasteiger partial charge in [-0.3, -0.25) is 0 Å². The van der Waals surface area contributed by atoms with E-state index < -0.39 is 0 Å². The molecule has 0 aliphatic heterocycles. The molecule has 0 radical (unpaired) electrons. The molecule has 1 N–H and O–H groups in total. The van der Waals surface area contributed by atoms with Crippen molar-refractivity contribution in [2.45, 2.75) is 6.92 Å². The quantitative estimate of drug-likeness (QED) is 0.920. The van der Waals surface area contributed by atoms with E-state index in [1.165, 1.54) is 0 Å². The lowest BCUT2D eigenvalue weighted by Crippen LogP contribution is -2.34. The number of nitrogens with zero attached hydrogens (tertiary/aromatic N) is 2. The fraction of sp³-hybridized carbons (Fsp3) is 0.222. The van der Waals surface area contributed by atoms with Crippen LogP contribution in [0.5, 0.6) is 5.75 Å². The van der Waals surface area contributed by atoms with Crippen molar-refractivity contribution in [1.29, 1.82) is 5.26 Å². The molecule has 5 nitrogen and oxygen atoms in total. The van der Waals surface area contributed by atoms with E-state index in [1.54, 1.807) is 36.2 Å². The van der Waals surface area contributed by atoms with Crippen LogP contribution < -0.4 is 10.1 Å². The first-order chi connectivity index (χ1) is 11.1. The van der Waals surface area contributed by atoms with Crippen LogP contribution in [0.4, 0.5) is 10.5 Å². The van der Waals surface area contributed by atoms with Gasteiger partial charge in [-0.1, -0.05) is 18.2 Å². The topological polar surface area (TPSA) is 65.4 Å². The number of ether oxygens (including phenoxy) is 1. The van der Waals surface area contributed by atoms with Crippen molar-refractivity contribution < 1.29 is 9.53 Å². The number of carbonyl (C=O) groups excluding carboxylic acids is 1. The van der Waals surface area contributed by atoms with E-state index in [-0.39, 0.29) is 6.03 Å². The summed E-state index contributed by atoms with van der Waals surface area (Å²) in [6.07, 6.45) is 0. The molecule has 5 heteroatoms. The summed E-state index contributed by atoms with van der Waals surface area (Å²) < 4.78 is 5.68. The zero-order chi connectivity index (χ0) is 16.7. The summed E-state index contributed by atoms with van der Waals surface area (Å²) in [6, 6.07) is 16.3. The third-order valence-electron chi connectivity index (χ3n) is 3.39. The highest BCUT2D eigenvalue weighted by atomic mass is 16.5. The molecule has 2 aromatic carbocycles. The van der Waals surface area contributed by atoms with E-state index >= 15 is 0 Å². The van der Waals surface area contributed by atoms with Crippen LogP contribution in [0.25, 0.3) is 0 Å². The molecule has 0 spiro atoms. The molecule has 2 aromatic rings. The first kappa shape index (κ1) is 16.4. The predicted octanol–water partition coefficient (Wildman–Crippen LogP) is 3.41. The second kappa shape index (κ2) is 7.85. The highest BCUT2D eigenvalue weighted by Gasteiger charge is 2.09. The number of benzene rings is 2. The van der Waals surface area contributed by atoms with Crippen LogP contribution in [0, 0.1) is 18.3 Å². The zero-order valence-electron chi connectivity index (χ0n) is 13.2. The van der Waals surface area contributed by atoms with E-state index in [1.807, 2.05) is 37.3 Å². The minimum atomic E-state index is -0.219. The Balaban J connectivity index is 1.80. The second-order valence-corrected chi connectivity index (χ2v) is 5.15. The van der Waals surface area contributed by atoms with Crippen LogP contribution in [0.2, 0.25) is 0 Å². The maximum absolute atomic E-state index is 12.1. The maximum atomic E-state index is 12.1. The van der Waals surface area contributed by atoms with Crippen molar-refractivity contribution in [2.75, 3.05) is 25.5 Å². The van der Waals surface area contributed by atoms with Crippen molar-refractivity contribution in [1.82, 2.24) is 4.90 Å². The van der Waals surface area contributed by atoms with E-state index in [0.29, 0.717) is 24.4 Å². The lowest BCUT2D eigenvalue weighted by atomic mass is 10.2. The van der Waals surface area contributed by atoms with Gasteiger partial charge in [-0.15, -0.1) is 0 Å². The van der Waals surface area contributed by atoms with E-state index in [2.05, 4.69) is 5.32 Å². The lowest BCUT2D eigenvalue weighted by Gasteiger charge is -2.18. The van der Waals surface area contributed by atoms with Crippen LogP contribution in [0.1, 0.15) is 11.1 Å². The molecule has 0 saturated heterocycles. The van der Waals surface area contributed by atoms with Gasteiger partial charge in [-0.05, 0) is 42.8 Å². The van der Waals surface area contributed by atoms with Crippen molar-refractivity contribution >= 4 is 11.7 Å². The van der Waals surface area contributed by atoms with Gasteiger partial charge in [-0.2, -0.15) is 5.26 Å². The first-order valence-electron chi connectivity index (χ1n) is 7.31. The third-order valence-corrected chi connectivity index (χ3v) is 3.39. The number of para-hydroxylation sites is 1. The second-order valence-electron chi connectivity index (χ2n) is 5.15. The Hall–Kier alpha value is -3.00. The summed E-state index contributed by atoms with van der Waals surface area (Å²) in [5.74, 6) is 0.827. The summed E-state index contributed by atoms with van der Waals surface area (Å²) in [4.78, 5) is 13.6. The molecule has 0 aliphatic rings. The monoisotopic (exact) mass is 309 g/mol. The smallest absolute Gasteiger partial charge is 0.321 e. The third kappa shape index (κ3) is 4.75. The van der Waals surface area contributed by atoms with E-state index in [0.717, 1.165) is 11.3 Å². The Bertz CT molecular complexity index is 705. The van der Waals surface area contributed by atoms with Crippen molar-refractivity contribution in [3.63, 3.8) is 0 Å². The van der Waals surface area contributed by atoms with Gasteiger partial charge >= 0.3 is 6.03 Å². The molecule has 0 saturated carbocycles. The molecule has 0 fully saturated rings.